The molecule has 3 atom stereocenters. The van der Waals surface area contributed by atoms with Crippen LogP contribution in [0.25, 0.3) is 10.9 Å². The summed E-state index contributed by atoms with van der Waals surface area (Å²) in [5.41, 5.74) is 0.734. The number of pyridine rings is 1. The summed E-state index contributed by atoms with van der Waals surface area (Å²) in [7, 11) is -3.35. The molecule has 4 heterocycles. The molecule has 3 aliphatic rings. The van der Waals surface area contributed by atoms with Crippen molar-refractivity contribution in [2.24, 2.45) is 0 Å². The number of fused-ring (bicyclic) bond motifs is 3. The van der Waals surface area contributed by atoms with Crippen LogP contribution >= 0.6 is 0 Å². The van der Waals surface area contributed by atoms with Gasteiger partial charge < -0.3 is 14.8 Å². The second-order valence-corrected chi connectivity index (χ2v) is 13.8. The van der Waals surface area contributed by atoms with E-state index in [2.05, 4.69) is 10.2 Å². The van der Waals surface area contributed by atoms with Crippen molar-refractivity contribution >= 4 is 32.7 Å². The fraction of sp³-hybridized carbons (Fsp3) is 0.621. The molecule has 0 unspecified atom stereocenters. The highest BCUT2D eigenvalue weighted by Crippen LogP contribution is 2.36. The number of nitrogens with zero attached hydrogens (tertiary/aromatic N) is 4. The van der Waals surface area contributed by atoms with Crippen LogP contribution in [0.1, 0.15) is 69.3 Å². The SMILES string of the molecule is CC(=O)N1CCN(S(=O)(=O)CCCN2[C@@H]3CC[C@H]2C[C@@H](NC(=O)c2cc4ccccc4n(C(C)C)c2=O)C3)CC1. The van der Waals surface area contributed by atoms with E-state index in [4.69, 9.17) is 0 Å². The summed E-state index contributed by atoms with van der Waals surface area (Å²) in [5, 5.41) is 4.02. The van der Waals surface area contributed by atoms with Gasteiger partial charge in [0, 0.05) is 57.3 Å². The molecular weight excluding hydrogens is 530 g/mol. The second kappa shape index (κ2) is 11.6. The minimum Gasteiger partial charge on any atom is -0.349 e. The molecule has 0 saturated carbocycles. The maximum absolute atomic E-state index is 13.3. The van der Waals surface area contributed by atoms with Gasteiger partial charge in [0.1, 0.15) is 5.56 Å². The molecular formula is C29H41N5O5S. The van der Waals surface area contributed by atoms with Crippen molar-refractivity contribution in [2.45, 2.75) is 77.0 Å². The van der Waals surface area contributed by atoms with Crippen molar-refractivity contribution in [1.29, 1.82) is 0 Å². The number of para-hydroxylation sites is 1. The topological polar surface area (TPSA) is 112 Å². The van der Waals surface area contributed by atoms with Crippen LogP contribution in [0.15, 0.2) is 35.1 Å². The lowest BCUT2D eigenvalue weighted by atomic mass is 9.96. The lowest BCUT2D eigenvalue weighted by Gasteiger charge is -2.39. The van der Waals surface area contributed by atoms with Crippen LogP contribution in [0.2, 0.25) is 0 Å². The average Bonchev–Trinajstić information content (AvgIpc) is 3.15. The molecule has 1 aromatic heterocycles. The Bertz CT molecular complexity index is 1420. The molecule has 2 aromatic rings. The maximum Gasteiger partial charge on any atom is 0.264 e. The Balaban J connectivity index is 1.17. The molecule has 10 nitrogen and oxygen atoms in total. The largest absolute Gasteiger partial charge is 0.349 e. The predicted molar refractivity (Wildman–Crippen MR) is 155 cm³/mol. The Labute approximate surface area is 236 Å². The molecule has 5 rings (SSSR count). The van der Waals surface area contributed by atoms with Crippen LogP contribution in [0.5, 0.6) is 0 Å². The first-order valence-electron chi connectivity index (χ1n) is 14.5. The molecule has 0 radical (unpaired) electrons. The van der Waals surface area contributed by atoms with E-state index in [0.717, 1.165) is 36.6 Å². The number of piperazine rings is 1. The van der Waals surface area contributed by atoms with Crippen molar-refractivity contribution in [3.63, 3.8) is 0 Å². The van der Waals surface area contributed by atoms with Crippen LogP contribution in [-0.2, 0) is 14.8 Å². The average molecular weight is 572 g/mol. The van der Waals surface area contributed by atoms with Gasteiger partial charge in [-0.3, -0.25) is 19.3 Å². The molecule has 40 heavy (non-hydrogen) atoms. The Morgan fingerprint density at radius 2 is 1.68 bits per heavy atom. The lowest BCUT2D eigenvalue weighted by molar-refractivity contribution is -0.129. The highest BCUT2D eigenvalue weighted by Gasteiger charge is 2.41. The summed E-state index contributed by atoms with van der Waals surface area (Å²) in [5.74, 6) is -0.233. The zero-order valence-electron chi connectivity index (χ0n) is 23.7. The van der Waals surface area contributed by atoms with Gasteiger partial charge in [0.05, 0.1) is 11.3 Å². The molecule has 3 fully saturated rings. The Morgan fingerprint density at radius 1 is 1.02 bits per heavy atom. The van der Waals surface area contributed by atoms with Crippen LogP contribution in [-0.4, -0.2) is 95.5 Å². The smallest absolute Gasteiger partial charge is 0.264 e. The molecule has 3 saturated heterocycles. The molecule has 0 spiro atoms. The summed E-state index contributed by atoms with van der Waals surface area (Å²) in [4.78, 5) is 42.3. The minimum absolute atomic E-state index is 0.0130. The number of carbonyl (C=O) groups is 2. The van der Waals surface area contributed by atoms with Crippen LogP contribution in [0, 0.1) is 0 Å². The first kappa shape index (κ1) is 28.8. The Morgan fingerprint density at radius 3 is 2.30 bits per heavy atom. The third-order valence-electron chi connectivity index (χ3n) is 8.82. The molecule has 2 bridgehead atoms. The summed E-state index contributed by atoms with van der Waals surface area (Å²) in [6, 6.07) is 9.86. The van der Waals surface area contributed by atoms with Crippen LogP contribution in [0.3, 0.4) is 0 Å². The van der Waals surface area contributed by atoms with Gasteiger partial charge in [-0.2, -0.15) is 4.31 Å². The Kier molecular flexibility index (Phi) is 8.35. The second-order valence-electron chi connectivity index (χ2n) is 11.7. The number of nitrogens with one attached hydrogen (secondary N) is 1. The third-order valence-corrected chi connectivity index (χ3v) is 10.8. The van der Waals surface area contributed by atoms with E-state index in [0.29, 0.717) is 51.2 Å². The van der Waals surface area contributed by atoms with E-state index in [1.807, 2.05) is 38.1 Å². The van der Waals surface area contributed by atoms with E-state index in [-0.39, 0.29) is 40.8 Å². The normalized spacial score (nSPS) is 24.1. The fourth-order valence-electron chi connectivity index (χ4n) is 6.82. The van der Waals surface area contributed by atoms with Crippen molar-refractivity contribution in [3.05, 3.63) is 46.2 Å². The predicted octanol–water partition coefficient (Wildman–Crippen LogP) is 2.19. The quantitative estimate of drug-likeness (QED) is 0.520. The van der Waals surface area contributed by atoms with E-state index in [1.54, 1.807) is 15.5 Å². The van der Waals surface area contributed by atoms with Crippen LogP contribution in [0.4, 0.5) is 0 Å². The standard InChI is InChI=1S/C29H41N5O5S/c1-20(2)34-27-8-5-4-7-22(27)17-26(29(34)37)28(36)30-23-18-24-9-10-25(19-23)33(24)11-6-16-40(38,39)32-14-12-31(13-15-32)21(3)35/h4-5,7-8,17,20,23-25H,6,9-16,18-19H2,1-3H3,(H,30,36)/t23-,24+,25-. The highest BCUT2D eigenvalue weighted by atomic mass is 32.2. The number of hydrogen-bond acceptors (Lipinski definition) is 6. The molecule has 218 valence electrons. The van der Waals surface area contributed by atoms with Crippen molar-refractivity contribution in [2.75, 3.05) is 38.5 Å². The number of piperidine rings is 1. The monoisotopic (exact) mass is 571 g/mol. The van der Waals surface area contributed by atoms with E-state index in [9.17, 15) is 22.8 Å². The summed E-state index contributed by atoms with van der Waals surface area (Å²) < 4.78 is 29.0. The highest BCUT2D eigenvalue weighted by molar-refractivity contribution is 7.89. The zero-order chi connectivity index (χ0) is 28.6. The zero-order valence-corrected chi connectivity index (χ0v) is 24.5. The van der Waals surface area contributed by atoms with Gasteiger partial charge in [-0.25, -0.2) is 8.42 Å². The number of carbonyl (C=O) groups excluding carboxylic acids is 2. The van der Waals surface area contributed by atoms with Gasteiger partial charge in [0.25, 0.3) is 11.5 Å². The van der Waals surface area contributed by atoms with Gasteiger partial charge in [-0.1, -0.05) is 18.2 Å². The summed E-state index contributed by atoms with van der Waals surface area (Å²) >= 11 is 0. The molecule has 3 aliphatic heterocycles. The van der Waals surface area contributed by atoms with Gasteiger partial charge >= 0.3 is 0 Å². The van der Waals surface area contributed by atoms with E-state index < -0.39 is 10.0 Å². The molecule has 1 N–H and O–H groups in total. The number of benzene rings is 1. The van der Waals surface area contributed by atoms with Crippen molar-refractivity contribution in [1.82, 2.24) is 24.0 Å². The summed E-state index contributed by atoms with van der Waals surface area (Å²) in [6.07, 6.45) is 4.23. The first-order valence-corrected chi connectivity index (χ1v) is 16.1. The van der Waals surface area contributed by atoms with Crippen molar-refractivity contribution in [3.8, 4) is 0 Å². The first-order chi connectivity index (χ1) is 19.0. The number of amides is 2. The van der Waals surface area contributed by atoms with Crippen LogP contribution < -0.4 is 10.9 Å². The van der Waals surface area contributed by atoms with E-state index >= 15 is 0 Å². The number of sulfonamides is 1. The fourth-order valence-corrected chi connectivity index (χ4v) is 8.29. The molecule has 11 heteroatoms. The number of rotatable bonds is 8. The third kappa shape index (κ3) is 5.82. The number of aromatic nitrogens is 1. The molecule has 2 amide bonds. The minimum atomic E-state index is -3.35. The van der Waals surface area contributed by atoms with Gasteiger partial charge in [-0.15, -0.1) is 0 Å². The lowest BCUT2D eigenvalue weighted by Crippen LogP contribution is -2.52. The molecule has 0 aliphatic carbocycles. The summed E-state index contributed by atoms with van der Waals surface area (Å²) in [6.45, 7) is 7.73. The van der Waals surface area contributed by atoms with Gasteiger partial charge in [0.15, 0.2) is 0 Å². The van der Waals surface area contributed by atoms with Gasteiger partial charge in [0.2, 0.25) is 15.9 Å². The number of hydrogen-bond donors (Lipinski definition) is 1. The van der Waals surface area contributed by atoms with Gasteiger partial charge in [-0.05, 0) is 70.0 Å². The van der Waals surface area contributed by atoms with E-state index in [1.165, 1.54) is 11.2 Å². The maximum atomic E-state index is 13.3. The molecule has 1 aromatic carbocycles. The van der Waals surface area contributed by atoms with Crippen molar-refractivity contribution < 1.29 is 18.0 Å². The Hall–Kier alpha value is -2.76.